The largest absolute Gasteiger partial charge is 0.486 e. The third kappa shape index (κ3) is 4.08. The summed E-state index contributed by atoms with van der Waals surface area (Å²) in [6, 6.07) is 9.47. The second-order valence-electron chi connectivity index (χ2n) is 6.74. The summed E-state index contributed by atoms with van der Waals surface area (Å²) in [4.78, 5) is 27.5. The zero-order chi connectivity index (χ0) is 18.6. The van der Waals surface area contributed by atoms with Crippen molar-refractivity contribution < 1.29 is 19.1 Å². The zero-order valence-electron chi connectivity index (χ0n) is 15.0. The number of rotatable bonds is 4. The van der Waals surface area contributed by atoms with Gasteiger partial charge in [-0.2, -0.15) is 0 Å². The molecule has 1 N–H and O–H groups in total. The smallest absolute Gasteiger partial charge is 0.263 e. The van der Waals surface area contributed by atoms with Crippen LogP contribution in [0.2, 0.25) is 0 Å². The second-order valence-corrected chi connectivity index (χ2v) is 7.69. The topological polar surface area (TPSA) is 67.9 Å². The van der Waals surface area contributed by atoms with E-state index in [1.54, 1.807) is 0 Å². The second kappa shape index (κ2) is 8.00. The predicted octanol–water partition coefficient (Wildman–Crippen LogP) is 2.69. The van der Waals surface area contributed by atoms with E-state index in [-0.39, 0.29) is 17.7 Å². The molecule has 1 aromatic heterocycles. The number of thiophene rings is 1. The van der Waals surface area contributed by atoms with Crippen LogP contribution in [0.5, 0.6) is 11.5 Å². The number of hydrogen-bond acceptors (Lipinski definition) is 5. The van der Waals surface area contributed by atoms with E-state index in [1.165, 1.54) is 11.3 Å². The molecule has 1 aromatic carbocycles. The lowest BCUT2D eigenvalue weighted by Gasteiger charge is -2.31. The van der Waals surface area contributed by atoms with Crippen molar-refractivity contribution in [2.45, 2.75) is 19.4 Å². The Balaban J connectivity index is 1.27. The minimum Gasteiger partial charge on any atom is -0.486 e. The van der Waals surface area contributed by atoms with E-state index in [0.717, 1.165) is 21.9 Å². The van der Waals surface area contributed by atoms with Crippen LogP contribution in [0, 0.1) is 5.92 Å². The normalized spacial score (nSPS) is 16.8. The summed E-state index contributed by atoms with van der Waals surface area (Å²) >= 11 is 1.46. The summed E-state index contributed by atoms with van der Waals surface area (Å²) < 4.78 is 11.1. The highest BCUT2D eigenvalue weighted by molar-refractivity contribution is 7.12. The Morgan fingerprint density at radius 1 is 1.11 bits per heavy atom. The number of benzene rings is 1. The Bertz CT molecular complexity index is 813. The van der Waals surface area contributed by atoms with Gasteiger partial charge in [0, 0.05) is 25.6 Å². The fourth-order valence-electron chi connectivity index (χ4n) is 3.43. The van der Waals surface area contributed by atoms with Crippen molar-refractivity contribution in [1.29, 1.82) is 0 Å². The van der Waals surface area contributed by atoms with E-state index in [2.05, 4.69) is 5.32 Å². The van der Waals surface area contributed by atoms with Crippen molar-refractivity contribution in [3.63, 3.8) is 0 Å². The van der Waals surface area contributed by atoms with Gasteiger partial charge in [-0.3, -0.25) is 9.59 Å². The minimum atomic E-state index is -0.0467. The molecule has 27 heavy (non-hydrogen) atoms. The van der Waals surface area contributed by atoms with Gasteiger partial charge in [0.1, 0.15) is 13.2 Å². The number of hydrogen-bond donors (Lipinski definition) is 1. The number of carbonyl (C=O) groups is 2. The van der Waals surface area contributed by atoms with Crippen LogP contribution >= 0.6 is 11.3 Å². The monoisotopic (exact) mass is 386 g/mol. The van der Waals surface area contributed by atoms with Crippen LogP contribution in [0.25, 0.3) is 0 Å². The number of nitrogens with zero attached hydrogens (tertiary/aromatic N) is 1. The van der Waals surface area contributed by atoms with Crippen molar-refractivity contribution in [2.24, 2.45) is 5.92 Å². The number of ether oxygens (including phenoxy) is 2. The first kappa shape index (κ1) is 17.9. The van der Waals surface area contributed by atoms with Gasteiger partial charge in [0.25, 0.3) is 5.91 Å². The first-order chi connectivity index (χ1) is 13.2. The molecule has 4 rings (SSSR count). The maximum absolute atomic E-state index is 12.5. The highest BCUT2D eigenvalue weighted by Crippen LogP contribution is 2.30. The molecular weight excluding hydrogens is 364 g/mol. The molecule has 2 amide bonds. The van der Waals surface area contributed by atoms with E-state index in [1.807, 2.05) is 40.6 Å². The van der Waals surface area contributed by atoms with E-state index >= 15 is 0 Å². The first-order valence-electron chi connectivity index (χ1n) is 9.20. The lowest BCUT2D eigenvalue weighted by Crippen LogP contribution is -2.42. The highest BCUT2D eigenvalue weighted by atomic mass is 32.1. The summed E-state index contributed by atoms with van der Waals surface area (Å²) in [5.41, 5.74) is 0.984. The Labute approximate surface area is 162 Å². The number of nitrogens with one attached hydrogen (secondary N) is 1. The molecule has 1 saturated heterocycles. The maximum Gasteiger partial charge on any atom is 0.263 e. The Kier molecular flexibility index (Phi) is 5.29. The summed E-state index contributed by atoms with van der Waals surface area (Å²) in [7, 11) is 0. The Hall–Kier alpha value is -2.54. The van der Waals surface area contributed by atoms with E-state index < -0.39 is 0 Å². The minimum absolute atomic E-state index is 0.0467. The number of likely N-dealkylation sites (tertiary alicyclic amines) is 1. The number of carbonyl (C=O) groups excluding carboxylic acids is 2. The molecular formula is C20H22N2O4S. The molecule has 6 nitrogen and oxygen atoms in total. The fraction of sp³-hybridized carbons (Fsp3) is 0.400. The molecule has 2 aliphatic rings. The lowest BCUT2D eigenvalue weighted by molar-refractivity contribution is -0.126. The molecule has 0 unspecified atom stereocenters. The molecule has 0 aliphatic carbocycles. The molecule has 7 heteroatoms. The van der Waals surface area contributed by atoms with E-state index in [9.17, 15) is 9.59 Å². The molecule has 0 saturated carbocycles. The van der Waals surface area contributed by atoms with Crippen LogP contribution in [-0.4, -0.2) is 43.0 Å². The molecule has 0 spiro atoms. The van der Waals surface area contributed by atoms with Crippen LogP contribution in [0.4, 0.5) is 0 Å². The molecule has 1 fully saturated rings. The van der Waals surface area contributed by atoms with Crippen LogP contribution in [0.15, 0.2) is 35.7 Å². The van der Waals surface area contributed by atoms with Crippen LogP contribution in [0.3, 0.4) is 0 Å². The lowest BCUT2D eigenvalue weighted by atomic mass is 9.95. The van der Waals surface area contributed by atoms with Gasteiger partial charge in [0.15, 0.2) is 11.5 Å². The number of piperidine rings is 1. The van der Waals surface area contributed by atoms with Crippen LogP contribution < -0.4 is 14.8 Å². The third-order valence-corrected chi connectivity index (χ3v) is 5.82. The van der Waals surface area contributed by atoms with Gasteiger partial charge in [-0.15, -0.1) is 11.3 Å². The van der Waals surface area contributed by atoms with Gasteiger partial charge in [-0.1, -0.05) is 12.1 Å². The van der Waals surface area contributed by atoms with Gasteiger partial charge in [0.2, 0.25) is 5.91 Å². The van der Waals surface area contributed by atoms with Crippen molar-refractivity contribution in [2.75, 3.05) is 26.3 Å². The zero-order valence-corrected chi connectivity index (χ0v) is 15.8. The highest BCUT2D eigenvalue weighted by Gasteiger charge is 2.28. The SMILES string of the molecule is O=C(NCc1ccc2c(c1)OCCO2)C1CCN(C(=O)c2cccs2)CC1. The number of amides is 2. The van der Waals surface area contributed by atoms with Gasteiger partial charge in [0.05, 0.1) is 4.88 Å². The summed E-state index contributed by atoms with van der Waals surface area (Å²) in [5, 5.41) is 4.92. The van der Waals surface area contributed by atoms with E-state index in [4.69, 9.17) is 9.47 Å². The summed E-state index contributed by atoms with van der Waals surface area (Å²) in [6.07, 6.45) is 1.40. The fourth-order valence-corrected chi connectivity index (χ4v) is 4.12. The van der Waals surface area contributed by atoms with Crippen molar-refractivity contribution in [1.82, 2.24) is 10.2 Å². The van der Waals surface area contributed by atoms with Crippen molar-refractivity contribution >= 4 is 23.2 Å². The van der Waals surface area contributed by atoms with Gasteiger partial charge >= 0.3 is 0 Å². The molecule has 0 radical (unpaired) electrons. The van der Waals surface area contributed by atoms with Crippen molar-refractivity contribution in [3.05, 3.63) is 46.2 Å². The Morgan fingerprint density at radius 3 is 2.63 bits per heavy atom. The van der Waals surface area contributed by atoms with Crippen LogP contribution in [-0.2, 0) is 11.3 Å². The quantitative estimate of drug-likeness (QED) is 0.877. The van der Waals surface area contributed by atoms with Gasteiger partial charge < -0.3 is 19.7 Å². The van der Waals surface area contributed by atoms with Crippen molar-refractivity contribution in [3.8, 4) is 11.5 Å². The number of fused-ring (bicyclic) bond motifs is 1. The van der Waals surface area contributed by atoms with Crippen LogP contribution in [0.1, 0.15) is 28.1 Å². The molecule has 3 heterocycles. The Morgan fingerprint density at radius 2 is 1.89 bits per heavy atom. The van der Waals surface area contributed by atoms with Gasteiger partial charge in [-0.25, -0.2) is 0 Å². The van der Waals surface area contributed by atoms with Gasteiger partial charge in [-0.05, 0) is 42.0 Å². The average molecular weight is 386 g/mol. The molecule has 0 atom stereocenters. The average Bonchev–Trinajstić information content (AvgIpc) is 3.26. The molecule has 2 aliphatic heterocycles. The predicted molar refractivity (Wildman–Crippen MR) is 102 cm³/mol. The van der Waals surface area contributed by atoms with E-state index in [0.29, 0.717) is 45.7 Å². The third-order valence-electron chi connectivity index (χ3n) is 4.96. The summed E-state index contributed by atoms with van der Waals surface area (Å²) in [6.45, 7) is 2.82. The standard InChI is InChI=1S/C20H22N2O4S/c23-19(21-13-14-3-4-16-17(12-14)26-10-9-25-16)15-5-7-22(8-6-15)20(24)18-2-1-11-27-18/h1-4,11-12,15H,5-10,13H2,(H,21,23). The molecule has 2 aromatic rings. The summed E-state index contributed by atoms with van der Waals surface area (Å²) in [5.74, 6) is 1.55. The first-order valence-corrected chi connectivity index (χ1v) is 10.1. The maximum atomic E-state index is 12.5. The molecule has 142 valence electrons. The molecule has 0 bridgehead atoms.